The van der Waals surface area contributed by atoms with Crippen LogP contribution in [0.25, 0.3) is 0 Å². The van der Waals surface area contributed by atoms with Crippen LogP contribution in [0.15, 0.2) is 0 Å². The predicted octanol–water partition coefficient (Wildman–Crippen LogP) is 1.84. The molecule has 0 aromatic carbocycles. The van der Waals surface area contributed by atoms with E-state index in [1.54, 1.807) is 20.8 Å². The predicted molar refractivity (Wildman–Crippen MR) is 83.7 cm³/mol. The zero-order valence-electron chi connectivity index (χ0n) is 13.5. The first kappa shape index (κ1) is 19.0. The zero-order valence-corrected chi connectivity index (χ0v) is 14.3. The third-order valence-electron chi connectivity index (χ3n) is 2.14. The molecule has 6 heteroatoms. The highest BCUT2D eigenvalue weighted by Gasteiger charge is 2.24. The van der Waals surface area contributed by atoms with Crippen molar-refractivity contribution in [3.05, 3.63) is 0 Å². The largest absolute Gasteiger partial charge is 0.444 e. The van der Waals surface area contributed by atoms with Crippen molar-refractivity contribution in [2.24, 2.45) is 5.92 Å². The fourth-order valence-electron chi connectivity index (χ4n) is 1.53. The molecule has 0 aliphatic carbocycles. The smallest absolute Gasteiger partial charge is 0.408 e. The first-order valence-electron chi connectivity index (χ1n) is 6.62. The van der Waals surface area contributed by atoms with Crippen molar-refractivity contribution in [2.75, 3.05) is 12.5 Å². The molecule has 0 aromatic rings. The normalized spacial score (nSPS) is 13.8. The number of Topliss-reactive ketones (excluding diaryl/α,β-unsaturated/α-hetero) is 1. The van der Waals surface area contributed by atoms with Crippen molar-refractivity contribution >= 4 is 26.8 Å². The lowest BCUT2D eigenvalue weighted by Gasteiger charge is -2.23. The molecule has 0 rings (SSSR count). The van der Waals surface area contributed by atoms with Gasteiger partial charge < -0.3 is 10.1 Å². The standard InChI is InChI=1S/C14H27NO4S/c1-10(2)8-11(12(16)9-20(6,7)18)15-13(17)19-14(3,4)5/h9-11H,8H2,1-7H3,(H,15,17)/t11-/m0/s1. The molecule has 0 bridgehead atoms. The lowest BCUT2D eigenvalue weighted by atomic mass is 10.0. The number of hydrogen-bond acceptors (Lipinski definition) is 4. The summed E-state index contributed by atoms with van der Waals surface area (Å²) >= 11 is 0. The molecule has 5 nitrogen and oxygen atoms in total. The van der Waals surface area contributed by atoms with E-state index in [4.69, 9.17) is 4.74 Å². The van der Waals surface area contributed by atoms with Crippen molar-refractivity contribution < 1.29 is 18.5 Å². The highest BCUT2D eigenvalue weighted by Crippen LogP contribution is 2.09. The lowest BCUT2D eigenvalue weighted by Crippen LogP contribution is -2.45. The van der Waals surface area contributed by atoms with Crippen molar-refractivity contribution in [3.8, 4) is 0 Å². The van der Waals surface area contributed by atoms with Crippen LogP contribution in [0.3, 0.4) is 0 Å². The molecule has 0 saturated heterocycles. The first-order valence-corrected chi connectivity index (χ1v) is 9.06. The topological polar surface area (TPSA) is 72.5 Å². The van der Waals surface area contributed by atoms with E-state index in [0.717, 1.165) is 0 Å². The van der Waals surface area contributed by atoms with Gasteiger partial charge in [-0.1, -0.05) is 13.8 Å². The molecule has 0 saturated carbocycles. The molecular weight excluding hydrogens is 278 g/mol. The Morgan fingerprint density at radius 1 is 1.25 bits per heavy atom. The number of alkyl carbamates (subject to hydrolysis) is 1. The van der Waals surface area contributed by atoms with Gasteiger partial charge in [0.25, 0.3) is 0 Å². The second kappa shape index (κ2) is 7.11. The maximum Gasteiger partial charge on any atom is 0.408 e. The summed E-state index contributed by atoms with van der Waals surface area (Å²) in [5, 5.41) is 3.75. The Labute approximate surface area is 122 Å². The minimum absolute atomic E-state index is 0.219. The number of nitrogens with one attached hydrogen (secondary N) is 1. The summed E-state index contributed by atoms with van der Waals surface area (Å²) in [6.07, 6.45) is 2.82. The molecule has 1 amide bonds. The molecular formula is C14H27NO4S. The molecule has 20 heavy (non-hydrogen) atoms. The van der Waals surface area contributed by atoms with E-state index >= 15 is 0 Å². The molecule has 0 spiro atoms. The Bertz CT molecular complexity index is 460. The number of carbonyl (C=O) groups excluding carboxylic acids is 2. The number of amides is 1. The summed E-state index contributed by atoms with van der Waals surface area (Å²) in [6, 6.07) is -0.703. The highest BCUT2D eigenvalue weighted by atomic mass is 32.2. The van der Waals surface area contributed by atoms with Crippen LogP contribution in [0.2, 0.25) is 0 Å². The van der Waals surface area contributed by atoms with E-state index in [2.05, 4.69) is 5.32 Å². The van der Waals surface area contributed by atoms with Gasteiger partial charge in [-0.2, -0.15) is 0 Å². The lowest BCUT2D eigenvalue weighted by molar-refractivity contribution is -0.114. The van der Waals surface area contributed by atoms with Crippen LogP contribution in [0.4, 0.5) is 4.79 Å². The highest BCUT2D eigenvalue weighted by molar-refractivity contribution is 8.01. The SMILES string of the molecule is CC(C)C[C@H](NC(=O)OC(C)(C)C)C(=O)C=S(C)(C)=O. The van der Waals surface area contributed by atoms with Gasteiger partial charge in [0.05, 0.1) is 6.04 Å². The number of ether oxygens (including phenoxy) is 1. The number of ketones is 1. The van der Waals surface area contributed by atoms with Crippen molar-refractivity contribution in [2.45, 2.75) is 52.7 Å². The molecule has 1 atom stereocenters. The van der Waals surface area contributed by atoms with Gasteiger partial charge in [0.15, 0.2) is 5.78 Å². The fourth-order valence-corrected chi connectivity index (χ4v) is 2.25. The Kier molecular flexibility index (Phi) is 6.74. The zero-order chi connectivity index (χ0) is 16.1. The Morgan fingerprint density at radius 2 is 1.75 bits per heavy atom. The second-order valence-corrected chi connectivity index (χ2v) is 9.51. The van der Waals surface area contributed by atoms with E-state index < -0.39 is 27.3 Å². The average molecular weight is 305 g/mol. The molecule has 0 aliphatic heterocycles. The Balaban J connectivity index is 4.96. The van der Waals surface area contributed by atoms with Gasteiger partial charge in [0.2, 0.25) is 0 Å². The first-order chi connectivity index (χ1) is 8.80. The third-order valence-corrected chi connectivity index (χ3v) is 2.94. The monoisotopic (exact) mass is 305 g/mol. The van der Waals surface area contributed by atoms with Crippen molar-refractivity contribution in [1.82, 2.24) is 5.32 Å². The maximum atomic E-state index is 12.1. The van der Waals surface area contributed by atoms with E-state index in [9.17, 15) is 13.8 Å². The van der Waals surface area contributed by atoms with Crippen LogP contribution >= 0.6 is 0 Å². The van der Waals surface area contributed by atoms with Crippen LogP contribution in [0, 0.1) is 5.92 Å². The summed E-state index contributed by atoms with van der Waals surface area (Å²) in [7, 11) is -2.29. The summed E-state index contributed by atoms with van der Waals surface area (Å²) in [4.78, 5) is 23.8. The third kappa shape index (κ3) is 9.83. The Hall–Kier alpha value is -1.04. The summed E-state index contributed by atoms with van der Waals surface area (Å²) in [6.45, 7) is 9.16. The van der Waals surface area contributed by atoms with Gasteiger partial charge in [0.1, 0.15) is 5.60 Å². The quantitative estimate of drug-likeness (QED) is 0.787. The van der Waals surface area contributed by atoms with Crippen LogP contribution in [0.1, 0.15) is 41.0 Å². The molecule has 0 aliphatic rings. The van der Waals surface area contributed by atoms with Gasteiger partial charge in [-0.15, -0.1) is 0 Å². The van der Waals surface area contributed by atoms with Gasteiger partial charge in [-0.3, -0.25) is 9.00 Å². The maximum absolute atomic E-state index is 12.1. The van der Waals surface area contributed by atoms with Crippen LogP contribution < -0.4 is 5.32 Å². The number of carbonyl (C=O) groups is 2. The van der Waals surface area contributed by atoms with E-state index in [1.807, 2.05) is 13.8 Å². The van der Waals surface area contributed by atoms with E-state index in [-0.39, 0.29) is 11.7 Å². The van der Waals surface area contributed by atoms with Crippen LogP contribution in [-0.4, -0.2) is 45.6 Å². The summed E-state index contributed by atoms with van der Waals surface area (Å²) in [5.74, 6) is -0.114. The second-order valence-electron chi connectivity index (χ2n) is 6.66. The minimum Gasteiger partial charge on any atom is -0.444 e. The molecule has 1 N–H and O–H groups in total. The molecule has 0 radical (unpaired) electrons. The van der Waals surface area contributed by atoms with Crippen LogP contribution in [0.5, 0.6) is 0 Å². The van der Waals surface area contributed by atoms with Crippen LogP contribution in [-0.2, 0) is 19.1 Å². The Morgan fingerprint density at radius 3 is 2.10 bits per heavy atom. The van der Waals surface area contributed by atoms with E-state index in [1.165, 1.54) is 17.9 Å². The molecule has 0 unspecified atom stereocenters. The molecule has 0 aromatic heterocycles. The van der Waals surface area contributed by atoms with Crippen molar-refractivity contribution in [1.29, 1.82) is 0 Å². The molecule has 0 heterocycles. The number of hydrogen-bond donors (Lipinski definition) is 1. The fraction of sp³-hybridized carbons (Fsp3) is 0.786. The van der Waals surface area contributed by atoms with E-state index in [0.29, 0.717) is 6.42 Å². The van der Waals surface area contributed by atoms with Gasteiger partial charge in [-0.25, -0.2) is 4.79 Å². The minimum atomic E-state index is -2.29. The average Bonchev–Trinajstić information content (AvgIpc) is 2.09. The van der Waals surface area contributed by atoms with Gasteiger partial charge in [0, 0.05) is 17.9 Å². The van der Waals surface area contributed by atoms with Crippen molar-refractivity contribution in [3.63, 3.8) is 0 Å². The number of rotatable bonds is 5. The van der Waals surface area contributed by atoms with Gasteiger partial charge >= 0.3 is 6.09 Å². The summed E-state index contributed by atoms with van der Waals surface area (Å²) in [5.41, 5.74) is -0.623. The molecule has 118 valence electrons. The molecule has 0 fully saturated rings. The summed E-state index contributed by atoms with van der Waals surface area (Å²) < 4.78 is 16.8. The van der Waals surface area contributed by atoms with Gasteiger partial charge in [-0.05, 0) is 42.6 Å².